The molecule has 1 aromatic heterocycles. The molecule has 0 aliphatic carbocycles. The summed E-state index contributed by atoms with van der Waals surface area (Å²) in [6.45, 7) is 6.54. The third-order valence-electron chi connectivity index (χ3n) is 6.00. The van der Waals surface area contributed by atoms with E-state index in [-0.39, 0.29) is 11.8 Å². The summed E-state index contributed by atoms with van der Waals surface area (Å²) in [4.78, 5) is 26.2. The van der Waals surface area contributed by atoms with E-state index in [0.29, 0.717) is 31.7 Å². The maximum Gasteiger partial charge on any atom is 0.321 e. The molecule has 1 saturated heterocycles. The Morgan fingerprint density at radius 1 is 1.06 bits per heavy atom. The number of aromatic nitrogens is 2. The third-order valence-corrected chi connectivity index (χ3v) is 6.00. The van der Waals surface area contributed by atoms with Crippen molar-refractivity contribution in [2.45, 2.75) is 26.7 Å². The molecule has 1 N–H and O–H groups in total. The molecule has 0 radical (unpaired) electrons. The van der Waals surface area contributed by atoms with Crippen LogP contribution in [0.15, 0.2) is 48.5 Å². The number of hydrogen-bond donors (Lipinski definition) is 1. The fourth-order valence-corrected chi connectivity index (χ4v) is 4.23. The predicted octanol–water partition coefficient (Wildman–Crippen LogP) is 4.58. The lowest BCUT2D eigenvalue weighted by molar-refractivity contribution is 0.215. The molecule has 4 rings (SSSR count). The SMILES string of the molecule is COc1ccc(Cc2c(C)nc(C)nc2N2CCCN(C(=O)Nc3cccc(F)c3)CC2)cc1. The monoisotopic (exact) mass is 463 g/mol. The number of carbonyl (C=O) groups is 1. The van der Waals surface area contributed by atoms with E-state index >= 15 is 0 Å². The fourth-order valence-electron chi connectivity index (χ4n) is 4.23. The molecule has 0 bridgehead atoms. The molecule has 2 amide bonds. The molecule has 8 heteroatoms. The average Bonchev–Trinajstić information content (AvgIpc) is 3.07. The van der Waals surface area contributed by atoms with E-state index < -0.39 is 0 Å². The van der Waals surface area contributed by atoms with Gasteiger partial charge in [0.05, 0.1) is 7.11 Å². The summed E-state index contributed by atoms with van der Waals surface area (Å²) >= 11 is 0. The lowest BCUT2D eigenvalue weighted by Crippen LogP contribution is -2.38. The molecule has 0 atom stereocenters. The lowest BCUT2D eigenvalue weighted by atomic mass is 10.0. The fraction of sp³-hybridized carbons (Fsp3) is 0.346. The zero-order chi connectivity index (χ0) is 24.1. The lowest BCUT2D eigenvalue weighted by Gasteiger charge is -2.26. The molecule has 2 aromatic carbocycles. The normalized spacial score (nSPS) is 14.0. The first-order chi connectivity index (χ1) is 16.4. The Kier molecular flexibility index (Phi) is 7.25. The zero-order valence-electron chi connectivity index (χ0n) is 19.8. The Labute approximate surface area is 199 Å². The zero-order valence-corrected chi connectivity index (χ0v) is 19.8. The maximum absolute atomic E-state index is 13.5. The molecule has 0 saturated carbocycles. The number of urea groups is 1. The number of nitrogens with one attached hydrogen (secondary N) is 1. The molecule has 1 aliphatic heterocycles. The van der Waals surface area contributed by atoms with Crippen LogP contribution in [-0.2, 0) is 6.42 Å². The van der Waals surface area contributed by atoms with E-state index in [2.05, 4.69) is 27.3 Å². The van der Waals surface area contributed by atoms with E-state index in [0.717, 1.165) is 47.2 Å². The van der Waals surface area contributed by atoms with Crippen molar-refractivity contribution in [3.63, 3.8) is 0 Å². The van der Waals surface area contributed by atoms with Gasteiger partial charge in [-0.2, -0.15) is 0 Å². The first kappa shape index (κ1) is 23.5. The minimum Gasteiger partial charge on any atom is -0.497 e. The first-order valence-electron chi connectivity index (χ1n) is 11.5. The molecule has 2 heterocycles. The topological polar surface area (TPSA) is 70.6 Å². The molecule has 34 heavy (non-hydrogen) atoms. The number of methoxy groups -OCH3 is 1. The van der Waals surface area contributed by atoms with Crippen molar-refractivity contribution < 1.29 is 13.9 Å². The summed E-state index contributed by atoms with van der Waals surface area (Å²) in [6.07, 6.45) is 1.52. The molecule has 3 aromatic rings. The molecule has 178 valence electrons. The van der Waals surface area contributed by atoms with Crippen LogP contribution in [0.1, 0.15) is 29.1 Å². The van der Waals surface area contributed by atoms with Gasteiger partial charge in [-0.15, -0.1) is 0 Å². The third kappa shape index (κ3) is 5.62. The van der Waals surface area contributed by atoms with E-state index in [1.165, 1.54) is 12.1 Å². The van der Waals surface area contributed by atoms with Gasteiger partial charge in [-0.05, 0) is 56.2 Å². The Morgan fingerprint density at radius 2 is 1.85 bits per heavy atom. The Bertz CT molecular complexity index is 1150. The van der Waals surface area contributed by atoms with Crippen molar-refractivity contribution in [1.29, 1.82) is 0 Å². The summed E-state index contributed by atoms with van der Waals surface area (Å²) in [5, 5.41) is 2.80. The molecular weight excluding hydrogens is 433 g/mol. The highest BCUT2D eigenvalue weighted by molar-refractivity contribution is 5.89. The number of halogens is 1. The number of amides is 2. The van der Waals surface area contributed by atoms with Crippen LogP contribution in [0.4, 0.5) is 20.7 Å². The van der Waals surface area contributed by atoms with Gasteiger partial charge in [-0.3, -0.25) is 0 Å². The van der Waals surface area contributed by atoms with Crippen LogP contribution in [0, 0.1) is 19.7 Å². The van der Waals surface area contributed by atoms with Crippen LogP contribution < -0.4 is 15.0 Å². The van der Waals surface area contributed by atoms with Gasteiger partial charge in [0.2, 0.25) is 0 Å². The second kappa shape index (κ2) is 10.5. The smallest absolute Gasteiger partial charge is 0.321 e. The Morgan fingerprint density at radius 3 is 2.59 bits per heavy atom. The highest BCUT2D eigenvalue weighted by atomic mass is 19.1. The Hall–Kier alpha value is -3.68. The second-order valence-electron chi connectivity index (χ2n) is 8.45. The van der Waals surface area contributed by atoms with Crippen LogP contribution in [0.2, 0.25) is 0 Å². The van der Waals surface area contributed by atoms with Gasteiger partial charge >= 0.3 is 6.03 Å². The minimum atomic E-state index is -0.376. The number of rotatable bonds is 5. The molecule has 0 unspecified atom stereocenters. The summed E-state index contributed by atoms with van der Waals surface area (Å²) < 4.78 is 18.7. The number of aryl methyl sites for hydroxylation is 2. The molecule has 1 fully saturated rings. The first-order valence-corrected chi connectivity index (χ1v) is 11.5. The van der Waals surface area contributed by atoms with E-state index in [9.17, 15) is 9.18 Å². The van der Waals surface area contributed by atoms with Crippen LogP contribution in [0.3, 0.4) is 0 Å². The quantitative estimate of drug-likeness (QED) is 0.600. The van der Waals surface area contributed by atoms with Crippen LogP contribution in [-0.4, -0.2) is 54.2 Å². The van der Waals surface area contributed by atoms with Crippen LogP contribution in [0.5, 0.6) is 5.75 Å². The standard InChI is InChI=1S/C26H30FN5O2/c1-18-24(16-20-8-10-23(34-3)11-9-20)25(29-19(2)28-18)31-12-5-13-32(15-14-31)26(33)30-22-7-4-6-21(27)17-22/h4,6-11,17H,5,12-16H2,1-3H3,(H,30,33). The number of hydrogen-bond acceptors (Lipinski definition) is 5. The van der Waals surface area contributed by atoms with Crippen LogP contribution >= 0.6 is 0 Å². The minimum absolute atomic E-state index is 0.221. The number of carbonyl (C=O) groups excluding carboxylic acids is 1. The van der Waals surface area contributed by atoms with Crippen molar-refractivity contribution in [3.05, 3.63) is 77.0 Å². The average molecular weight is 464 g/mol. The van der Waals surface area contributed by atoms with Gasteiger partial charge < -0.3 is 19.9 Å². The highest BCUT2D eigenvalue weighted by Gasteiger charge is 2.23. The van der Waals surface area contributed by atoms with E-state index in [1.54, 1.807) is 24.1 Å². The largest absolute Gasteiger partial charge is 0.497 e. The molecule has 0 spiro atoms. The molecule has 7 nitrogen and oxygen atoms in total. The number of ether oxygens (including phenoxy) is 1. The summed E-state index contributed by atoms with van der Waals surface area (Å²) in [7, 11) is 1.66. The molecular formula is C26H30FN5O2. The van der Waals surface area contributed by atoms with Gasteiger partial charge in [0.15, 0.2) is 0 Å². The van der Waals surface area contributed by atoms with Crippen LogP contribution in [0.25, 0.3) is 0 Å². The van der Waals surface area contributed by atoms with Crippen molar-refractivity contribution in [2.24, 2.45) is 0 Å². The Balaban J connectivity index is 1.50. The van der Waals surface area contributed by atoms with Gasteiger partial charge in [0.1, 0.15) is 23.2 Å². The van der Waals surface area contributed by atoms with E-state index in [1.807, 2.05) is 26.0 Å². The number of benzene rings is 2. The summed E-state index contributed by atoms with van der Waals surface area (Å²) in [5.74, 6) is 2.10. The van der Waals surface area contributed by atoms with Crippen molar-refractivity contribution in [2.75, 3.05) is 43.5 Å². The van der Waals surface area contributed by atoms with Gasteiger partial charge in [-0.1, -0.05) is 18.2 Å². The maximum atomic E-state index is 13.5. The number of anilines is 2. The predicted molar refractivity (Wildman–Crippen MR) is 131 cm³/mol. The van der Waals surface area contributed by atoms with Gasteiger partial charge in [0, 0.05) is 49.5 Å². The van der Waals surface area contributed by atoms with Crippen molar-refractivity contribution >= 4 is 17.5 Å². The van der Waals surface area contributed by atoms with Gasteiger partial charge in [-0.25, -0.2) is 19.2 Å². The summed E-state index contributed by atoms with van der Waals surface area (Å²) in [5.41, 5.74) is 3.66. The second-order valence-corrected chi connectivity index (χ2v) is 8.45. The van der Waals surface area contributed by atoms with Crippen molar-refractivity contribution in [1.82, 2.24) is 14.9 Å². The summed E-state index contributed by atoms with van der Waals surface area (Å²) in [6, 6.07) is 13.8. The van der Waals surface area contributed by atoms with Crippen molar-refractivity contribution in [3.8, 4) is 5.75 Å². The molecule has 1 aliphatic rings. The highest BCUT2D eigenvalue weighted by Crippen LogP contribution is 2.26. The van der Waals surface area contributed by atoms with Gasteiger partial charge in [0.25, 0.3) is 0 Å². The van der Waals surface area contributed by atoms with E-state index in [4.69, 9.17) is 9.72 Å². The number of nitrogens with zero attached hydrogens (tertiary/aromatic N) is 4.